The van der Waals surface area contributed by atoms with Gasteiger partial charge in [0.2, 0.25) is 0 Å². The lowest BCUT2D eigenvalue weighted by atomic mass is 10.2. The summed E-state index contributed by atoms with van der Waals surface area (Å²) in [6.45, 7) is 0.269. The molecule has 0 radical (unpaired) electrons. The molecule has 0 fully saturated rings. The largest absolute Gasteiger partial charge is 0.493 e. The van der Waals surface area contributed by atoms with Crippen LogP contribution in [0.25, 0.3) is 10.2 Å². The summed E-state index contributed by atoms with van der Waals surface area (Å²) < 4.78 is 19.3. The Hall–Kier alpha value is -4.02. The van der Waals surface area contributed by atoms with Gasteiger partial charge in [-0.15, -0.1) is 6.42 Å². The Bertz CT molecular complexity index is 1360. The summed E-state index contributed by atoms with van der Waals surface area (Å²) in [5.74, 6) is 4.79. The van der Waals surface area contributed by atoms with Gasteiger partial charge in [-0.1, -0.05) is 35.5 Å². The highest BCUT2D eigenvalue weighted by atomic mass is 32.1. The third kappa shape index (κ3) is 4.36. The number of carbonyl (C=O) groups excluding carboxylic acids is 1. The van der Waals surface area contributed by atoms with Crippen LogP contribution in [-0.4, -0.2) is 24.7 Å². The number of ether oxygens (including phenoxy) is 3. The first-order valence-electron chi connectivity index (χ1n) is 9.74. The van der Waals surface area contributed by atoms with Crippen LogP contribution in [0.5, 0.6) is 23.0 Å². The smallest absolute Gasteiger partial charge is 0.279 e. The Kier molecular flexibility index (Phi) is 6.24. The van der Waals surface area contributed by atoms with Crippen LogP contribution in [0.2, 0.25) is 0 Å². The van der Waals surface area contributed by atoms with Crippen LogP contribution in [0, 0.1) is 12.3 Å². The topological polar surface area (TPSA) is 62.1 Å². The third-order valence-corrected chi connectivity index (χ3v) is 5.76. The number of aromatic nitrogens is 1. The van der Waals surface area contributed by atoms with E-state index in [4.69, 9.17) is 20.6 Å². The maximum atomic E-state index is 12.8. The van der Waals surface area contributed by atoms with Crippen molar-refractivity contribution in [1.29, 1.82) is 0 Å². The minimum absolute atomic E-state index is 0.269. The van der Waals surface area contributed by atoms with Gasteiger partial charge in [-0.05, 0) is 36.4 Å². The molecule has 0 N–H and O–H groups in total. The Balaban J connectivity index is 1.68. The van der Waals surface area contributed by atoms with E-state index >= 15 is 0 Å². The van der Waals surface area contributed by atoms with E-state index < -0.39 is 0 Å². The predicted octanol–water partition coefficient (Wildman–Crippen LogP) is 4.89. The van der Waals surface area contributed by atoms with E-state index in [2.05, 4.69) is 10.9 Å². The van der Waals surface area contributed by atoms with Crippen molar-refractivity contribution in [2.45, 2.75) is 6.54 Å². The zero-order valence-electron chi connectivity index (χ0n) is 17.6. The molecular weight excluding hydrogens is 424 g/mol. The van der Waals surface area contributed by atoms with E-state index in [0.717, 1.165) is 16.0 Å². The minimum Gasteiger partial charge on any atom is -0.493 e. The van der Waals surface area contributed by atoms with Crippen molar-refractivity contribution >= 4 is 27.5 Å². The standard InChI is InChI=1S/C25H20N2O4S/c1-4-14-27-20-15-21(29-2)22(30-3)16-23(20)32-25(27)26-24(28)17-10-12-19(13-11-17)31-18-8-6-5-7-9-18/h1,5-13,15-16H,14H2,2-3H3. The molecule has 0 saturated heterocycles. The first kappa shape index (κ1) is 21.2. The van der Waals surface area contributed by atoms with Gasteiger partial charge >= 0.3 is 0 Å². The van der Waals surface area contributed by atoms with Crippen LogP contribution in [0.15, 0.2) is 71.7 Å². The number of nitrogens with zero attached hydrogens (tertiary/aromatic N) is 2. The zero-order valence-corrected chi connectivity index (χ0v) is 18.4. The highest BCUT2D eigenvalue weighted by molar-refractivity contribution is 7.16. The van der Waals surface area contributed by atoms with Crippen molar-refractivity contribution in [3.8, 4) is 35.3 Å². The van der Waals surface area contributed by atoms with E-state index in [9.17, 15) is 4.79 Å². The van der Waals surface area contributed by atoms with E-state index in [-0.39, 0.29) is 12.5 Å². The number of benzene rings is 3. The molecule has 160 valence electrons. The number of hydrogen-bond acceptors (Lipinski definition) is 5. The van der Waals surface area contributed by atoms with Gasteiger partial charge in [0.05, 0.1) is 31.0 Å². The predicted molar refractivity (Wildman–Crippen MR) is 125 cm³/mol. The second-order valence-corrected chi connectivity index (χ2v) is 7.72. The third-order valence-electron chi connectivity index (χ3n) is 4.71. The van der Waals surface area contributed by atoms with Gasteiger partial charge in [-0.25, -0.2) is 0 Å². The average Bonchev–Trinajstić information content (AvgIpc) is 3.15. The number of carbonyl (C=O) groups is 1. The fourth-order valence-corrected chi connectivity index (χ4v) is 4.21. The fourth-order valence-electron chi connectivity index (χ4n) is 3.17. The highest BCUT2D eigenvalue weighted by Gasteiger charge is 2.13. The first-order chi connectivity index (χ1) is 15.6. The number of methoxy groups -OCH3 is 2. The molecule has 32 heavy (non-hydrogen) atoms. The molecule has 0 aliphatic rings. The van der Waals surface area contributed by atoms with Crippen LogP contribution < -0.4 is 19.0 Å². The molecule has 4 aromatic rings. The Morgan fingerprint density at radius 2 is 1.66 bits per heavy atom. The Morgan fingerprint density at radius 1 is 1.00 bits per heavy atom. The molecule has 0 atom stereocenters. The summed E-state index contributed by atoms with van der Waals surface area (Å²) in [5.41, 5.74) is 1.27. The van der Waals surface area contributed by atoms with Crippen LogP contribution in [0.1, 0.15) is 10.4 Å². The molecule has 0 bridgehead atoms. The number of para-hydroxylation sites is 1. The fraction of sp³-hybridized carbons (Fsp3) is 0.120. The second kappa shape index (κ2) is 9.41. The maximum absolute atomic E-state index is 12.8. The molecule has 1 heterocycles. The molecule has 7 heteroatoms. The van der Waals surface area contributed by atoms with Gasteiger partial charge in [0.25, 0.3) is 5.91 Å². The molecule has 0 aliphatic carbocycles. The van der Waals surface area contributed by atoms with E-state index in [0.29, 0.717) is 27.6 Å². The van der Waals surface area contributed by atoms with Crippen molar-refractivity contribution in [2.75, 3.05) is 14.2 Å². The van der Waals surface area contributed by atoms with Crippen molar-refractivity contribution in [3.05, 3.63) is 77.1 Å². The second-order valence-electron chi connectivity index (χ2n) is 6.71. The van der Waals surface area contributed by atoms with Gasteiger partial charge in [0.1, 0.15) is 11.5 Å². The van der Waals surface area contributed by atoms with Gasteiger partial charge in [0.15, 0.2) is 16.3 Å². The van der Waals surface area contributed by atoms with Crippen LogP contribution in [0.3, 0.4) is 0 Å². The Morgan fingerprint density at radius 3 is 2.31 bits per heavy atom. The Labute approximate surface area is 189 Å². The highest BCUT2D eigenvalue weighted by Crippen LogP contribution is 2.33. The molecule has 0 saturated carbocycles. The summed E-state index contributed by atoms with van der Waals surface area (Å²) in [6, 6.07) is 20.0. The molecular formula is C25H20N2O4S. The summed E-state index contributed by atoms with van der Waals surface area (Å²) in [7, 11) is 3.15. The van der Waals surface area contributed by atoms with E-state index in [1.54, 1.807) is 38.5 Å². The molecule has 0 spiro atoms. The van der Waals surface area contributed by atoms with E-state index in [1.165, 1.54) is 11.3 Å². The van der Waals surface area contributed by atoms with Crippen LogP contribution in [0.4, 0.5) is 0 Å². The summed E-state index contributed by atoms with van der Waals surface area (Å²) in [4.78, 5) is 17.7. The maximum Gasteiger partial charge on any atom is 0.279 e. The first-order valence-corrected chi connectivity index (χ1v) is 10.6. The van der Waals surface area contributed by atoms with Gasteiger partial charge in [0, 0.05) is 17.7 Å². The number of terminal acetylenes is 1. The number of hydrogen-bond donors (Lipinski definition) is 0. The number of fused-ring (bicyclic) bond motifs is 1. The van der Waals surface area contributed by atoms with E-state index in [1.807, 2.05) is 47.0 Å². The lowest BCUT2D eigenvalue weighted by molar-refractivity contribution is 0.0998. The summed E-state index contributed by atoms with van der Waals surface area (Å²) >= 11 is 1.36. The SMILES string of the molecule is C#CCn1c(=NC(=O)c2ccc(Oc3ccccc3)cc2)sc2cc(OC)c(OC)cc21. The quantitative estimate of drug-likeness (QED) is 0.398. The summed E-state index contributed by atoms with van der Waals surface area (Å²) in [6.07, 6.45) is 5.57. The molecule has 4 rings (SSSR count). The van der Waals surface area contributed by atoms with Gasteiger partial charge < -0.3 is 18.8 Å². The van der Waals surface area contributed by atoms with Crippen molar-refractivity contribution in [3.63, 3.8) is 0 Å². The molecule has 6 nitrogen and oxygen atoms in total. The van der Waals surface area contributed by atoms with Crippen molar-refractivity contribution in [2.24, 2.45) is 4.99 Å². The lowest BCUT2D eigenvalue weighted by Gasteiger charge is -2.08. The molecule has 1 amide bonds. The van der Waals surface area contributed by atoms with Crippen LogP contribution >= 0.6 is 11.3 Å². The number of amides is 1. The van der Waals surface area contributed by atoms with Crippen molar-refractivity contribution < 1.29 is 19.0 Å². The lowest BCUT2D eigenvalue weighted by Crippen LogP contribution is -2.16. The minimum atomic E-state index is -0.368. The molecule has 3 aromatic carbocycles. The van der Waals surface area contributed by atoms with Crippen LogP contribution in [-0.2, 0) is 6.54 Å². The molecule has 0 aliphatic heterocycles. The number of rotatable bonds is 6. The summed E-state index contributed by atoms with van der Waals surface area (Å²) in [5, 5.41) is 0. The van der Waals surface area contributed by atoms with Gasteiger partial charge in [-0.3, -0.25) is 4.79 Å². The molecule has 1 aromatic heterocycles. The number of thiazole rings is 1. The zero-order chi connectivity index (χ0) is 22.5. The van der Waals surface area contributed by atoms with Gasteiger partial charge in [-0.2, -0.15) is 4.99 Å². The van der Waals surface area contributed by atoms with Crippen molar-refractivity contribution in [1.82, 2.24) is 4.57 Å². The average molecular weight is 445 g/mol. The monoisotopic (exact) mass is 444 g/mol. The normalized spacial score (nSPS) is 11.2. The molecule has 0 unspecified atom stereocenters.